The number of rotatable bonds is 3. The molecule has 3 heterocycles. The first-order valence-corrected chi connectivity index (χ1v) is 6.88. The molecule has 0 saturated carbocycles. The molecule has 17 heavy (non-hydrogen) atoms. The van der Waals surface area contributed by atoms with Gasteiger partial charge in [-0.15, -0.1) is 11.3 Å². The van der Waals surface area contributed by atoms with Crippen LogP contribution in [-0.2, 0) is 13.6 Å². The summed E-state index contributed by atoms with van der Waals surface area (Å²) in [5.74, 6) is 0. The molecule has 1 saturated heterocycles. The van der Waals surface area contributed by atoms with E-state index in [4.69, 9.17) is 0 Å². The van der Waals surface area contributed by atoms with Crippen LogP contribution in [0.2, 0.25) is 0 Å². The molecule has 0 bridgehead atoms. The van der Waals surface area contributed by atoms with Crippen LogP contribution < -0.4 is 0 Å². The van der Waals surface area contributed by atoms with Gasteiger partial charge < -0.3 is 0 Å². The Morgan fingerprint density at radius 1 is 1.53 bits per heavy atom. The largest absolute Gasteiger partial charge is 0.291 e. The molecular weight excluding hydrogens is 230 g/mol. The first kappa shape index (κ1) is 11.0. The van der Waals surface area contributed by atoms with Gasteiger partial charge in [0.15, 0.2) is 0 Å². The molecule has 4 heteroatoms. The minimum Gasteiger partial charge on any atom is -0.291 e. The van der Waals surface area contributed by atoms with Crippen molar-refractivity contribution in [1.29, 1.82) is 0 Å². The molecule has 0 aromatic carbocycles. The van der Waals surface area contributed by atoms with E-state index in [0.29, 0.717) is 6.04 Å². The van der Waals surface area contributed by atoms with E-state index >= 15 is 0 Å². The highest BCUT2D eigenvalue weighted by Crippen LogP contribution is 2.36. The summed E-state index contributed by atoms with van der Waals surface area (Å²) in [6.07, 6.45) is 3.29. The maximum atomic E-state index is 4.31. The molecule has 0 N–H and O–H groups in total. The highest BCUT2D eigenvalue weighted by molar-refractivity contribution is 7.10. The van der Waals surface area contributed by atoms with Crippen molar-refractivity contribution in [3.05, 3.63) is 39.8 Å². The minimum absolute atomic E-state index is 0.634. The molecule has 1 atom stereocenters. The predicted molar refractivity (Wildman–Crippen MR) is 70.0 cm³/mol. The summed E-state index contributed by atoms with van der Waals surface area (Å²) in [5.41, 5.74) is 2.63. The van der Waals surface area contributed by atoms with Gasteiger partial charge >= 0.3 is 0 Å². The fourth-order valence-corrected chi connectivity index (χ4v) is 3.25. The topological polar surface area (TPSA) is 21.1 Å². The molecule has 1 fully saturated rings. The quantitative estimate of drug-likeness (QED) is 0.831. The lowest BCUT2D eigenvalue weighted by Gasteiger charge is -2.40. The average molecular weight is 247 g/mol. The van der Waals surface area contributed by atoms with E-state index in [2.05, 4.69) is 34.4 Å². The average Bonchev–Trinajstić information content (AvgIpc) is 2.88. The number of aromatic nitrogens is 2. The van der Waals surface area contributed by atoms with Gasteiger partial charge in [-0.25, -0.2) is 0 Å². The van der Waals surface area contributed by atoms with Crippen molar-refractivity contribution in [2.75, 3.05) is 6.54 Å². The van der Waals surface area contributed by atoms with Gasteiger partial charge in [0, 0.05) is 42.3 Å². The Balaban J connectivity index is 1.72. The van der Waals surface area contributed by atoms with Crippen LogP contribution in [0.15, 0.2) is 23.7 Å². The summed E-state index contributed by atoms with van der Waals surface area (Å²) in [5, 5.41) is 6.48. The molecule has 90 valence electrons. The summed E-state index contributed by atoms with van der Waals surface area (Å²) in [6.45, 7) is 4.38. The van der Waals surface area contributed by atoms with E-state index in [1.54, 1.807) is 0 Å². The standard InChI is InChI=1S/C13H17N3S/c1-10-11(8-14-15(10)2)9-16-6-5-12(16)13-4-3-7-17-13/h3-4,7-8,12H,5-6,9H2,1-2H3. The van der Waals surface area contributed by atoms with Crippen LogP contribution in [0, 0.1) is 6.92 Å². The first-order valence-electron chi connectivity index (χ1n) is 6.00. The SMILES string of the molecule is Cc1c(CN2CCC2c2cccs2)cnn1C. The number of likely N-dealkylation sites (tertiary alicyclic amines) is 1. The van der Waals surface area contributed by atoms with Crippen LogP contribution >= 0.6 is 11.3 Å². The van der Waals surface area contributed by atoms with Gasteiger partial charge in [0.05, 0.1) is 6.20 Å². The molecule has 0 amide bonds. The zero-order valence-electron chi connectivity index (χ0n) is 10.3. The summed E-state index contributed by atoms with van der Waals surface area (Å²) >= 11 is 1.87. The Morgan fingerprint density at radius 2 is 2.41 bits per heavy atom. The van der Waals surface area contributed by atoms with Crippen LogP contribution in [0.5, 0.6) is 0 Å². The smallest absolute Gasteiger partial charge is 0.0537 e. The van der Waals surface area contributed by atoms with Gasteiger partial charge in [-0.2, -0.15) is 5.10 Å². The van der Waals surface area contributed by atoms with Crippen molar-refractivity contribution in [1.82, 2.24) is 14.7 Å². The highest BCUT2D eigenvalue weighted by atomic mass is 32.1. The van der Waals surface area contributed by atoms with Crippen LogP contribution in [0.25, 0.3) is 0 Å². The van der Waals surface area contributed by atoms with Crippen molar-refractivity contribution in [3.63, 3.8) is 0 Å². The lowest BCUT2D eigenvalue weighted by molar-refractivity contribution is 0.0843. The van der Waals surface area contributed by atoms with Crippen LogP contribution in [-0.4, -0.2) is 21.2 Å². The first-order chi connectivity index (χ1) is 8.25. The van der Waals surface area contributed by atoms with Gasteiger partial charge in [-0.3, -0.25) is 9.58 Å². The zero-order valence-corrected chi connectivity index (χ0v) is 11.1. The fourth-order valence-electron chi connectivity index (χ4n) is 2.35. The normalized spacial score (nSPS) is 20.5. The van der Waals surface area contributed by atoms with Crippen LogP contribution in [0.1, 0.15) is 28.6 Å². The third kappa shape index (κ3) is 1.91. The number of hydrogen-bond acceptors (Lipinski definition) is 3. The molecule has 0 aliphatic carbocycles. The van der Waals surface area contributed by atoms with Gasteiger partial charge in [-0.05, 0) is 24.8 Å². The summed E-state index contributed by atoms with van der Waals surface area (Å²) in [4.78, 5) is 4.04. The lowest BCUT2D eigenvalue weighted by atomic mass is 10.0. The van der Waals surface area contributed by atoms with E-state index in [9.17, 15) is 0 Å². The lowest BCUT2D eigenvalue weighted by Crippen LogP contribution is -2.39. The molecule has 1 aliphatic heterocycles. The van der Waals surface area contributed by atoms with E-state index in [1.807, 2.05) is 29.3 Å². The maximum Gasteiger partial charge on any atom is 0.0537 e. The summed E-state index contributed by atoms with van der Waals surface area (Å²) in [7, 11) is 2.01. The van der Waals surface area contributed by atoms with Crippen LogP contribution in [0.4, 0.5) is 0 Å². The highest BCUT2D eigenvalue weighted by Gasteiger charge is 2.30. The summed E-state index contributed by atoms with van der Waals surface area (Å²) < 4.78 is 1.95. The molecule has 3 nitrogen and oxygen atoms in total. The number of thiophene rings is 1. The third-order valence-corrected chi connectivity index (χ3v) is 4.69. The van der Waals surface area contributed by atoms with Crippen molar-refractivity contribution in [2.24, 2.45) is 7.05 Å². The van der Waals surface area contributed by atoms with E-state index in [1.165, 1.54) is 29.1 Å². The Hall–Kier alpha value is -1.13. The van der Waals surface area contributed by atoms with E-state index in [-0.39, 0.29) is 0 Å². The minimum atomic E-state index is 0.634. The molecule has 2 aromatic rings. The number of hydrogen-bond donors (Lipinski definition) is 0. The monoisotopic (exact) mass is 247 g/mol. The third-order valence-electron chi connectivity index (χ3n) is 3.71. The Labute approximate surface area is 106 Å². The molecule has 0 radical (unpaired) electrons. The molecule has 1 aliphatic rings. The Morgan fingerprint density at radius 3 is 2.94 bits per heavy atom. The van der Waals surface area contributed by atoms with Gasteiger partial charge in [0.25, 0.3) is 0 Å². The van der Waals surface area contributed by atoms with Crippen molar-refractivity contribution in [3.8, 4) is 0 Å². The fraction of sp³-hybridized carbons (Fsp3) is 0.462. The van der Waals surface area contributed by atoms with Crippen LogP contribution in [0.3, 0.4) is 0 Å². The van der Waals surface area contributed by atoms with Gasteiger partial charge in [0.2, 0.25) is 0 Å². The van der Waals surface area contributed by atoms with Crippen molar-refractivity contribution < 1.29 is 0 Å². The predicted octanol–water partition coefficient (Wildman–Crippen LogP) is 2.74. The van der Waals surface area contributed by atoms with E-state index < -0.39 is 0 Å². The van der Waals surface area contributed by atoms with Gasteiger partial charge in [0.1, 0.15) is 0 Å². The van der Waals surface area contributed by atoms with Gasteiger partial charge in [-0.1, -0.05) is 6.07 Å². The second-order valence-corrected chi connectivity index (χ2v) is 5.65. The zero-order chi connectivity index (χ0) is 11.8. The Kier molecular flexibility index (Phi) is 2.76. The second-order valence-electron chi connectivity index (χ2n) is 4.67. The summed E-state index contributed by atoms with van der Waals surface area (Å²) in [6, 6.07) is 5.03. The molecule has 1 unspecified atom stereocenters. The van der Waals surface area contributed by atoms with Crippen molar-refractivity contribution >= 4 is 11.3 Å². The molecule has 0 spiro atoms. The number of aryl methyl sites for hydroxylation is 1. The molecule has 2 aromatic heterocycles. The maximum absolute atomic E-state index is 4.31. The van der Waals surface area contributed by atoms with Crippen molar-refractivity contribution in [2.45, 2.75) is 25.9 Å². The Bertz CT molecular complexity index is 501. The number of nitrogens with zero attached hydrogens (tertiary/aromatic N) is 3. The van der Waals surface area contributed by atoms with E-state index in [0.717, 1.165) is 6.54 Å². The second kappa shape index (κ2) is 4.27. The molecule has 3 rings (SSSR count). The molecular formula is C13H17N3S.